The number of hydrogen-bond donors (Lipinski definition) is 1. The predicted molar refractivity (Wildman–Crippen MR) is 125 cm³/mol. The Kier molecular flexibility index (Phi) is 6.06. The maximum Gasteiger partial charge on any atom is 0.155 e. The Morgan fingerprint density at radius 3 is 3.00 bits per heavy atom. The summed E-state index contributed by atoms with van der Waals surface area (Å²) in [6, 6.07) is 3.90. The highest BCUT2D eigenvalue weighted by molar-refractivity contribution is 6.01. The zero-order chi connectivity index (χ0) is 21.9. The summed E-state index contributed by atoms with van der Waals surface area (Å²) in [4.78, 5) is 22.6. The first-order valence-corrected chi connectivity index (χ1v) is 11.4. The number of nitrogens with zero attached hydrogens (tertiary/aromatic N) is 2. The molecule has 0 spiro atoms. The van der Waals surface area contributed by atoms with Crippen LogP contribution in [0.1, 0.15) is 36.8 Å². The van der Waals surface area contributed by atoms with Crippen LogP contribution in [0.25, 0.3) is 27.9 Å². The van der Waals surface area contributed by atoms with Crippen molar-refractivity contribution in [3.05, 3.63) is 60.6 Å². The van der Waals surface area contributed by atoms with Crippen molar-refractivity contribution in [3.63, 3.8) is 0 Å². The summed E-state index contributed by atoms with van der Waals surface area (Å²) in [5.74, 6) is 1.30. The molecule has 0 bridgehead atoms. The van der Waals surface area contributed by atoms with Crippen LogP contribution in [0.3, 0.4) is 0 Å². The lowest BCUT2D eigenvalue weighted by Gasteiger charge is -2.29. The lowest BCUT2D eigenvalue weighted by Crippen LogP contribution is -2.36. The number of aromatic amines is 1. The molecule has 32 heavy (non-hydrogen) atoms. The van der Waals surface area contributed by atoms with Gasteiger partial charge in [-0.3, -0.25) is 9.69 Å². The third-order valence-corrected chi connectivity index (χ3v) is 6.58. The zero-order valence-corrected chi connectivity index (χ0v) is 18.3. The molecule has 5 rings (SSSR count). The van der Waals surface area contributed by atoms with Crippen LogP contribution in [0.4, 0.5) is 0 Å². The quantitative estimate of drug-likeness (QED) is 0.534. The van der Waals surface area contributed by atoms with E-state index in [-0.39, 0.29) is 5.78 Å². The van der Waals surface area contributed by atoms with Gasteiger partial charge >= 0.3 is 0 Å². The Hall–Kier alpha value is -2.96. The maximum absolute atomic E-state index is 12.0. The molecule has 1 aliphatic carbocycles. The summed E-state index contributed by atoms with van der Waals surface area (Å²) in [6.07, 6.45) is 13.0. The molecule has 4 heterocycles. The second-order valence-electron chi connectivity index (χ2n) is 8.70. The molecular weight excluding hydrogens is 402 g/mol. The third-order valence-electron chi connectivity index (χ3n) is 6.58. The lowest BCUT2D eigenvalue weighted by molar-refractivity contribution is -0.115. The summed E-state index contributed by atoms with van der Waals surface area (Å²) < 4.78 is 11.3. The van der Waals surface area contributed by atoms with Gasteiger partial charge in [-0.25, -0.2) is 4.98 Å². The van der Waals surface area contributed by atoms with Crippen LogP contribution >= 0.6 is 0 Å². The van der Waals surface area contributed by atoms with E-state index in [0.29, 0.717) is 12.3 Å². The van der Waals surface area contributed by atoms with Crippen LogP contribution < -0.4 is 0 Å². The molecule has 1 aliphatic heterocycles. The van der Waals surface area contributed by atoms with Crippen LogP contribution in [0.2, 0.25) is 0 Å². The van der Waals surface area contributed by atoms with E-state index in [9.17, 15) is 4.79 Å². The van der Waals surface area contributed by atoms with Crippen molar-refractivity contribution in [2.75, 3.05) is 26.3 Å². The molecule has 0 saturated carbocycles. The Morgan fingerprint density at radius 1 is 1.34 bits per heavy atom. The highest BCUT2D eigenvalue weighted by atomic mass is 16.5. The summed E-state index contributed by atoms with van der Waals surface area (Å²) in [7, 11) is 0. The molecule has 6 heteroatoms. The SMILES string of the molecule is C=CC(=O)CC1CCC=C(c2c(CN3CCOCC3)cnc3[nH]cc(-c4ccco4)c23)C1. The minimum atomic E-state index is 0.127. The number of hydrogen-bond acceptors (Lipinski definition) is 5. The fourth-order valence-electron chi connectivity index (χ4n) is 4.98. The molecule has 0 radical (unpaired) electrons. The van der Waals surface area contributed by atoms with E-state index >= 15 is 0 Å². The Bertz CT molecular complexity index is 1140. The molecule has 3 aromatic rings. The molecule has 0 amide bonds. The summed E-state index contributed by atoms with van der Waals surface area (Å²) in [6.45, 7) is 7.86. The van der Waals surface area contributed by atoms with Gasteiger partial charge in [0.15, 0.2) is 5.78 Å². The molecule has 0 aromatic carbocycles. The van der Waals surface area contributed by atoms with E-state index in [1.165, 1.54) is 22.8 Å². The van der Waals surface area contributed by atoms with Crippen molar-refractivity contribution in [1.82, 2.24) is 14.9 Å². The smallest absolute Gasteiger partial charge is 0.155 e. The van der Waals surface area contributed by atoms with E-state index in [1.807, 2.05) is 24.5 Å². The van der Waals surface area contributed by atoms with Crippen LogP contribution in [0.15, 0.2) is 53.9 Å². The average molecular weight is 432 g/mol. The topological polar surface area (TPSA) is 71.4 Å². The molecule has 6 nitrogen and oxygen atoms in total. The average Bonchev–Trinajstić information content (AvgIpc) is 3.49. The number of carbonyl (C=O) groups is 1. The number of pyridine rings is 1. The van der Waals surface area contributed by atoms with E-state index < -0.39 is 0 Å². The third kappa shape index (κ3) is 4.20. The van der Waals surface area contributed by atoms with E-state index in [2.05, 4.69) is 22.5 Å². The molecule has 2 aliphatic rings. The van der Waals surface area contributed by atoms with Crippen molar-refractivity contribution >= 4 is 22.4 Å². The zero-order valence-electron chi connectivity index (χ0n) is 18.3. The fourth-order valence-corrected chi connectivity index (χ4v) is 4.98. The number of aromatic nitrogens is 2. The number of morpholine rings is 1. The number of fused-ring (bicyclic) bond motifs is 1. The van der Waals surface area contributed by atoms with Gasteiger partial charge < -0.3 is 14.1 Å². The van der Waals surface area contributed by atoms with Crippen molar-refractivity contribution < 1.29 is 13.9 Å². The van der Waals surface area contributed by atoms with Gasteiger partial charge in [0.25, 0.3) is 0 Å². The molecular formula is C26H29N3O3. The van der Waals surface area contributed by atoms with Crippen LogP contribution in [0.5, 0.6) is 0 Å². The second-order valence-corrected chi connectivity index (χ2v) is 8.70. The Labute approximate surface area is 188 Å². The summed E-state index contributed by atoms with van der Waals surface area (Å²) >= 11 is 0. The number of nitrogens with one attached hydrogen (secondary N) is 1. The van der Waals surface area contributed by atoms with Gasteiger partial charge in [0, 0.05) is 49.4 Å². The second kappa shape index (κ2) is 9.27. The van der Waals surface area contributed by atoms with Crippen molar-refractivity contribution in [1.29, 1.82) is 0 Å². The van der Waals surface area contributed by atoms with Crippen LogP contribution in [-0.2, 0) is 16.1 Å². The van der Waals surface area contributed by atoms with Crippen LogP contribution in [0, 0.1) is 5.92 Å². The van der Waals surface area contributed by atoms with E-state index in [0.717, 1.165) is 74.5 Å². The minimum Gasteiger partial charge on any atom is -0.464 e. The molecule has 1 unspecified atom stereocenters. The number of H-pyrrole nitrogens is 1. The van der Waals surface area contributed by atoms with Gasteiger partial charge in [0.05, 0.1) is 19.5 Å². The van der Waals surface area contributed by atoms with E-state index in [1.54, 1.807) is 6.26 Å². The van der Waals surface area contributed by atoms with Gasteiger partial charge in [-0.1, -0.05) is 12.7 Å². The number of ether oxygens (including phenoxy) is 1. The summed E-state index contributed by atoms with van der Waals surface area (Å²) in [5, 5.41) is 1.10. The van der Waals surface area contributed by atoms with Crippen LogP contribution in [-0.4, -0.2) is 47.0 Å². The number of furan rings is 1. The minimum absolute atomic E-state index is 0.127. The largest absolute Gasteiger partial charge is 0.464 e. The lowest BCUT2D eigenvalue weighted by atomic mass is 9.81. The molecule has 1 N–H and O–H groups in total. The normalized spacial score (nSPS) is 19.8. The first-order valence-electron chi connectivity index (χ1n) is 11.4. The molecule has 1 fully saturated rings. The Morgan fingerprint density at radius 2 is 2.22 bits per heavy atom. The van der Waals surface area contributed by atoms with Gasteiger partial charge in [-0.15, -0.1) is 0 Å². The maximum atomic E-state index is 12.0. The number of carbonyl (C=O) groups excluding carboxylic acids is 1. The Balaban J connectivity index is 1.59. The van der Waals surface area contributed by atoms with Gasteiger partial charge in [0.2, 0.25) is 0 Å². The first-order chi connectivity index (χ1) is 15.7. The van der Waals surface area contributed by atoms with Gasteiger partial charge in [-0.05, 0) is 60.1 Å². The predicted octanol–water partition coefficient (Wildman–Crippen LogP) is 4.98. The van der Waals surface area contributed by atoms with Gasteiger partial charge in [-0.2, -0.15) is 0 Å². The molecule has 166 valence electrons. The first kappa shape index (κ1) is 20.9. The van der Waals surface area contributed by atoms with Crippen molar-refractivity contribution in [2.45, 2.75) is 32.2 Å². The molecule has 1 saturated heterocycles. The van der Waals surface area contributed by atoms with Crippen molar-refractivity contribution in [2.24, 2.45) is 5.92 Å². The number of ketones is 1. The highest BCUT2D eigenvalue weighted by Gasteiger charge is 2.25. The van der Waals surface area contributed by atoms with Crippen molar-refractivity contribution in [3.8, 4) is 11.3 Å². The molecule has 3 aromatic heterocycles. The number of allylic oxidation sites excluding steroid dienone is 3. The molecule has 1 atom stereocenters. The highest BCUT2D eigenvalue weighted by Crippen LogP contribution is 2.41. The van der Waals surface area contributed by atoms with E-state index in [4.69, 9.17) is 14.1 Å². The monoisotopic (exact) mass is 431 g/mol. The van der Waals surface area contributed by atoms with Gasteiger partial charge in [0.1, 0.15) is 11.4 Å². The number of rotatable bonds is 7. The standard InChI is InChI=1S/C26H29N3O3/c1-2-21(30)14-18-5-3-6-19(13-18)24-20(17-29-8-11-31-12-9-29)15-27-26-25(24)22(16-28-26)23-7-4-10-32-23/h2,4,6-7,10,15-16,18H,1,3,5,8-9,11-14,17H2,(H,27,28). The summed E-state index contributed by atoms with van der Waals surface area (Å²) in [5.41, 5.74) is 5.66. The fraction of sp³-hybridized carbons (Fsp3) is 0.385.